The Kier molecular flexibility index (Phi) is 4.82. The van der Waals surface area contributed by atoms with E-state index in [2.05, 4.69) is 65.1 Å². The van der Waals surface area contributed by atoms with Crippen molar-refractivity contribution in [1.82, 2.24) is 5.32 Å². The summed E-state index contributed by atoms with van der Waals surface area (Å²) in [7, 11) is 0. The Bertz CT molecular complexity index is 473. The highest BCUT2D eigenvalue weighted by Gasteiger charge is 2.36. The highest BCUT2D eigenvalue weighted by molar-refractivity contribution is 5.35. The molecule has 1 N–H and O–H groups in total. The maximum absolute atomic E-state index is 3.78. The van der Waals surface area contributed by atoms with E-state index in [1.807, 2.05) is 0 Å². The molecule has 0 amide bonds. The fourth-order valence-electron chi connectivity index (χ4n) is 3.39. The van der Waals surface area contributed by atoms with Crippen LogP contribution < -0.4 is 5.32 Å². The summed E-state index contributed by atoms with van der Waals surface area (Å²) in [5.41, 5.74) is 4.91. The van der Waals surface area contributed by atoms with Crippen LogP contribution >= 0.6 is 0 Å². The maximum atomic E-state index is 3.78. The van der Waals surface area contributed by atoms with E-state index in [0.29, 0.717) is 5.41 Å². The smallest absolute Gasteiger partial charge is 0.00968 e. The molecule has 0 radical (unpaired) electrons. The van der Waals surface area contributed by atoms with Crippen LogP contribution in [0.2, 0.25) is 0 Å². The third-order valence-electron chi connectivity index (χ3n) is 5.31. The summed E-state index contributed by atoms with van der Waals surface area (Å²) in [6.45, 7) is 14.8. The molecule has 118 valence electrons. The summed E-state index contributed by atoms with van der Waals surface area (Å²) in [6.07, 6.45) is 5.36. The van der Waals surface area contributed by atoms with E-state index in [0.717, 1.165) is 12.5 Å². The molecule has 1 nitrogen and oxygen atoms in total. The number of aryl methyl sites for hydroxylation is 2. The second-order valence-electron chi connectivity index (χ2n) is 8.37. The molecule has 1 fully saturated rings. The van der Waals surface area contributed by atoms with Crippen molar-refractivity contribution in [3.63, 3.8) is 0 Å². The van der Waals surface area contributed by atoms with E-state index in [9.17, 15) is 0 Å². The van der Waals surface area contributed by atoms with E-state index in [1.54, 1.807) is 5.56 Å². The van der Waals surface area contributed by atoms with Crippen LogP contribution in [0.15, 0.2) is 18.2 Å². The van der Waals surface area contributed by atoms with Gasteiger partial charge in [0.1, 0.15) is 0 Å². The van der Waals surface area contributed by atoms with Crippen LogP contribution in [-0.2, 0) is 5.41 Å². The van der Waals surface area contributed by atoms with Gasteiger partial charge in [0.2, 0.25) is 0 Å². The third-order valence-corrected chi connectivity index (χ3v) is 5.31. The number of benzene rings is 1. The summed E-state index contributed by atoms with van der Waals surface area (Å²) < 4.78 is 0. The monoisotopic (exact) mass is 287 g/mol. The normalized spacial score (nSPS) is 26.9. The lowest BCUT2D eigenvalue weighted by atomic mass is 9.66. The van der Waals surface area contributed by atoms with E-state index >= 15 is 0 Å². The molecule has 1 heteroatoms. The van der Waals surface area contributed by atoms with Crippen molar-refractivity contribution in [2.24, 2.45) is 5.92 Å². The predicted molar refractivity (Wildman–Crippen MR) is 93.0 cm³/mol. The molecule has 2 rings (SSSR count). The third kappa shape index (κ3) is 4.10. The average Bonchev–Trinajstić information content (AvgIpc) is 2.41. The van der Waals surface area contributed by atoms with Gasteiger partial charge >= 0.3 is 0 Å². The van der Waals surface area contributed by atoms with Gasteiger partial charge in [0, 0.05) is 17.5 Å². The molecule has 1 aromatic carbocycles. The van der Waals surface area contributed by atoms with Crippen molar-refractivity contribution < 1.29 is 0 Å². The first-order valence-electron chi connectivity index (χ1n) is 8.55. The van der Waals surface area contributed by atoms with Gasteiger partial charge in [-0.1, -0.05) is 25.1 Å². The SMILES string of the molecule is Cc1ccc(C2(CNC(C)(C)C)CCC(C)CC2)cc1C. The number of rotatable bonds is 3. The lowest BCUT2D eigenvalue weighted by Crippen LogP contribution is -2.47. The summed E-state index contributed by atoms with van der Waals surface area (Å²) in [5.74, 6) is 0.888. The van der Waals surface area contributed by atoms with E-state index in [1.165, 1.54) is 36.8 Å². The van der Waals surface area contributed by atoms with Gasteiger partial charge in [-0.2, -0.15) is 0 Å². The highest BCUT2D eigenvalue weighted by atomic mass is 15.0. The molecule has 21 heavy (non-hydrogen) atoms. The first-order valence-corrected chi connectivity index (χ1v) is 8.55. The van der Waals surface area contributed by atoms with Gasteiger partial charge in [-0.25, -0.2) is 0 Å². The zero-order chi connectivity index (χ0) is 15.7. The molecular weight excluding hydrogens is 254 g/mol. The van der Waals surface area contributed by atoms with E-state index in [4.69, 9.17) is 0 Å². The lowest BCUT2D eigenvalue weighted by molar-refractivity contribution is 0.217. The van der Waals surface area contributed by atoms with Crippen LogP contribution in [0.25, 0.3) is 0 Å². The van der Waals surface area contributed by atoms with Gasteiger partial charge in [0.05, 0.1) is 0 Å². The molecule has 0 spiro atoms. The zero-order valence-corrected chi connectivity index (χ0v) is 14.8. The number of hydrogen-bond acceptors (Lipinski definition) is 1. The molecule has 1 aliphatic carbocycles. The van der Waals surface area contributed by atoms with Crippen molar-refractivity contribution in [3.8, 4) is 0 Å². The summed E-state index contributed by atoms with van der Waals surface area (Å²) in [6, 6.07) is 7.12. The molecule has 0 atom stereocenters. The largest absolute Gasteiger partial charge is 0.311 e. The topological polar surface area (TPSA) is 12.0 Å². The Morgan fingerprint density at radius 2 is 1.71 bits per heavy atom. The Hall–Kier alpha value is -0.820. The molecule has 0 aliphatic heterocycles. The summed E-state index contributed by atoms with van der Waals surface area (Å²) >= 11 is 0. The van der Waals surface area contributed by atoms with Crippen LogP contribution in [0.5, 0.6) is 0 Å². The molecule has 0 aromatic heterocycles. The minimum Gasteiger partial charge on any atom is -0.311 e. The molecular formula is C20H33N. The molecule has 1 saturated carbocycles. The molecule has 1 aromatic rings. The van der Waals surface area contributed by atoms with Gasteiger partial charge in [-0.15, -0.1) is 0 Å². The van der Waals surface area contributed by atoms with Gasteiger partial charge in [-0.05, 0) is 82.9 Å². The van der Waals surface area contributed by atoms with Crippen LogP contribution in [0, 0.1) is 19.8 Å². The maximum Gasteiger partial charge on any atom is 0.00968 e. The van der Waals surface area contributed by atoms with Gasteiger partial charge < -0.3 is 5.32 Å². The number of nitrogens with one attached hydrogen (secondary N) is 1. The minimum atomic E-state index is 0.190. The first-order chi connectivity index (χ1) is 9.72. The summed E-state index contributed by atoms with van der Waals surface area (Å²) in [5, 5.41) is 3.78. The molecule has 0 unspecified atom stereocenters. The standard InChI is InChI=1S/C20H33N/c1-15-9-11-20(12-10-15,14-21-19(4,5)6)18-8-7-16(2)17(3)13-18/h7-8,13,15,21H,9-12,14H2,1-6H3. The highest BCUT2D eigenvalue weighted by Crippen LogP contribution is 2.41. The molecule has 1 aliphatic rings. The van der Waals surface area contributed by atoms with Crippen LogP contribution in [-0.4, -0.2) is 12.1 Å². The Morgan fingerprint density at radius 3 is 2.24 bits per heavy atom. The van der Waals surface area contributed by atoms with Gasteiger partial charge in [0.15, 0.2) is 0 Å². The Balaban J connectivity index is 2.28. The lowest BCUT2D eigenvalue weighted by Gasteiger charge is -2.42. The van der Waals surface area contributed by atoms with Crippen molar-refractivity contribution in [2.45, 2.75) is 78.2 Å². The van der Waals surface area contributed by atoms with Crippen LogP contribution in [0.3, 0.4) is 0 Å². The van der Waals surface area contributed by atoms with E-state index < -0.39 is 0 Å². The fraction of sp³-hybridized carbons (Fsp3) is 0.700. The predicted octanol–water partition coefficient (Wildman–Crippen LogP) is 5.14. The zero-order valence-electron chi connectivity index (χ0n) is 14.8. The average molecular weight is 287 g/mol. The Labute approximate surface area is 131 Å². The summed E-state index contributed by atoms with van der Waals surface area (Å²) in [4.78, 5) is 0. The second kappa shape index (κ2) is 6.12. The van der Waals surface area contributed by atoms with Gasteiger partial charge in [-0.3, -0.25) is 0 Å². The molecule has 0 bridgehead atoms. The van der Waals surface area contributed by atoms with Crippen LogP contribution in [0.4, 0.5) is 0 Å². The molecule has 0 heterocycles. The van der Waals surface area contributed by atoms with Crippen molar-refractivity contribution >= 4 is 0 Å². The van der Waals surface area contributed by atoms with Crippen LogP contribution in [0.1, 0.15) is 70.1 Å². The fourth-order valence-corrected chi connectivity index (χ4v) is 3.39. The van der Waals surface area contributed by atoms with Gasteiger partial charge in [0.25, 0.3) is 0 Å². The van der Waals surface area contributed by atoms with Crippen molar-refractivity contribution in [3.05, 3.63) is 34.9 Å². The first kappa shape index (κ1) is 16.5. The second-order valence-corrected chi connectivity index (χ2v) is 8.37. The quantitative estimate of drug-likeness (QED) is 0.811. The van der Waals surface area contributed by atoms with E-state index in [-0.39, 0.29) is 5.54 Å². The van der Waals surface area contributed by atoms with Crippen molar-refractivity contribution in [1.29, 1.82) is 0 Å². The minimum absolute atomic E-state index is 0.190. The Morgan fingerprint density at radius 1 is 1.10 bits per heavy atom. The molecule has 0 saturated heterocycles. The van der Waals surface area contributed by atoms with Crippen molar-refractivity contribution in [2.75, 3.05) is 6.54 Å². The number of hydrogen-bond donors (Lipinski definition) is 1.